The summed E-state index contributed by atoms with van der Waals surface area (Å²) in [6.45, 7) is 0. The van der Waals surface area contributed by atoms with Crippen LogP contribution in [-0.2, 0) is 0 Å². The van der Waals surface area contributed by atoms with Gasteiger partial charge in [-0.05, 0) is 24.3 Å². The predicted molar refractivity (Wildman–Crippen MR) is 83.4 cm³/mol. The minimum Gasteiger partial charge on any atom is -0.497 e. The number of nitrogens with two attached hydrogens (primary N) is 1. The molecule has 1 heterocycles. The lowest BCUT2D eigenvalue weighted by atomic mass is 10.1. The van der Waals surface area contributed by atoms with Crippen LogP contribution in [0.25, 0.3) is 11.3 Å². The molecule has 3 N–H and O–H groups in total. The number of carbonyl (C=O) groups excluding carboxylic acids is 1. The van der Waals surface area contributed by atoms with E-state index in [0.717, 1.165) is 0 Å². The number of hydrogen-bond donors (Lipinski definition) is 2. The molecule has 23 heavy (non-hydrogen) atoms. The number of amides is 1. The Morgan fingerprint density at radius 2 is 1.87 bits per heavy atom. The molecule has 0 radical (unpaired) electrons. The Hall–Kier alpha value is -3.35. The van der Waals surface area contributed by atoms with Crippen molar-refractivity contribution >= 4 is 5.91 Å². The molecule has 0 unspecified atom stereocenters. The van der Waals surface area contributed by atoms with Crippen molar-refractivity contribution in [2.75, 3.05) is 7.11 Å². The van der Waals surface area contributed by atoms with Gasteiger partial charge in [-0.25, -0.2) is 0 Å². The standard InChI is InChI=1S/C16H14N4O3/c1-22-10-5-4-6-11(9-10)23-13-8-3-2-7-12(13)14-15(16(17)21)19-20-18-14/h2-9H,1H3,(H2,17,21)(H,18,19,20). The first-order chi connectivity index (χ1) is 11.2. The Kier molecular flexibility index (Phi) is 3.92. The molecular formula is C16H14N4O3. The SMILES string of the molecule is COc1cccc(Oc2ccccc2-c2n[nH]nc2C(N)=O)c1. The number of hydrogen-bond acceptors (Lipinski definition) is 5. The Balaban J connectivity index is 2.01. The van der Waals surface area contributed by atoms with Crippen molar-refractivity contribution in [2.24, 2.45) is 5.73 Å². The van der Waals surface area contributed by atoms with E-state index in [1.54, 1.807) is 31.4 Å². The summed E-state index contributed by atoms with van der Waals surface area (Å²) in [5.41, 5.74) is 6.33. The Morgan fingerprint density at radius 1 is 1.09 bits per heavy atom. The third kappa shape index (κ3) is 2.98. The summed E-state index contributed by atoms with van der Waals surface area (Å²) in [5, 5.41) is 10.2. The largest absolute Gasteiger partial charge is 0.497 e. The number of nitrogens with zero attached hydrogens (tertiary/aromatic N) is 2. The van der Waals surface area contributed by atoms with Crippen molar-refractivity contribution in [3.05, 3.63) is 54.2 Å². The van der Waals surface area contributed by atoms with Crippen LogP contribution in [0.5, 0.6) is 17.2 Å². The molecule has 1 aromatic heterocycles. The molecule has 0 aliphatic carbocycles. The number of primary amides is 1. The molecule has 0 saturated heterocycles. The first-order valence-corrected chi connectivity index (χ1v) is 6.81. The average Bonchev–Trinajstić information content (AvgIpc) is 3.05. The maximum Gasteiger partial charge on any atom is 0.271 e. The molecule has 0 aliphatic rings. The highest BCUT2D eigenvalue weighted by molar-refractivity contribution is 5.97. The molecule has 116 valence electrons. The molecule has 2 aromatic carbocycles. The van der Waals surface area contributed by atoms with Gasteiger partial charge in [0.15, 0.2) is 5.69 Å². The lowest BCUT2D eigenvalue weighted by Crippen LogP contribution is -2.12. The molecule has 7 heteroatoms. The highest BCUT2D eigenvalue weighted by Gasteiger charge is 2.18. The van der Waals surface area contributed by atoms with Crippen LogP contribution in [0.4, 0.5) is 0 Å². The van der Waals surface area contributed by atoms with Crippen LogP contribution in [-0.4, -0.2) is 28.4 Å². The van der Waals surface area contributed by atoms with Gasteiger partial charge >= 0.3 is 0 Å². The number of aromatic amines is 1. The highest BCUT2D eigenvalue weighted by atomic mass is 16.5. The summed E-state index contributed by atoms with van der Waals surface area (Å²) in [6.07, 6.45) is 0. The fourth-order valence-electron chi connectivity index (χ4n) is 2.13. The number of rotatable bonds is 5. The fourth-order valence-corrected chi connectivity index (χ4v) is 2.13. The maximum absolute atomic E-state index is 11.5. The average molecular weight is 310 g/mol. The van der Waals surface area contributed by atoms with E-state index in [2.05, 4.69) is 15.4 Å². The number of methoxy groups -OCH3 is 1. The maximum atomic E-state index is 11.5. The molecule has 0 spiro atoms. The van der Waals surface area contributed by atoms with Gasteiger partial charge in [-0.15, -0.1) is 0 Å². The quantitative estimate of drug-likeness (QED) is 0.753. The van der Waals surface area contributed by atoms with Gasteiger partial charge in [0.05, 0.1) is 7.11 Å². The van der Waals surface area contributed by atoms with Crippen molar-refractivity contribution < 1.29 is 14.3 Å². The molecule has 1 amide bonds. The molecule has 0 atom stereocenters. The summed E-state index contributed by atoms with van der Waals surface area (Å²) in [7, 11) is 1.58. The van der Waals surface area contributed by atoms with Crippen LogP contribution in [0, 0.1) is 0 Å². The molecule has 0 bridgehead atoms. The minimum atomic E-state index is -0.662. The second-order valence-electron chi connectivity index (χ2n) is 4.66. The number of carbonyl (C=O) groups is 1. The molecule has 3 aromatic rings. The van der Waals surface area contributed by atoms with E-state index < -0.39 is 5.91 Å². The fraction of sp³-hybridized carbons (Fsp3) is 0.0625. The monoisotopic (exact) mass is 310 g/mol. The van der Waals surface area contributed by atoms with E-state index in [4.69, 9.17) is 15.2 Å². The van der Waals surface area contributed by atoms with Gasteiger partial charge in [0.2, 0.25) is 0 Å². The molecule has 0 saturated carbocycles. The topological polar surface area (TPSA) is 103 Å². The Bertz CT molecular complexity index is 845. The van der Waals surface area contributed by atoms with Crippen LogP contribution in [0.1, 0.15) is 10.5 Å². The van der Waals surface area contributed by atoms with Crippen LogP contribution < -0.4 is 15.2 Å². The van der Waals surface area contributed by atoms with Crippen molar-refractivity contribution in [3.8, 4) is 28.5 Å². The summed E-state index contributed by atoms with van der Waals surface area (Å²) < 4.78 is 11.1. The lowest BCUT2D eigenvalue weighted by molar-refractivity contribution is 0.0996. The number of aromatic nitrogens is 3. The number of H-pyrrole nitrogens is 1. The van der Waals surface area contributed by atoms with Crippen molar-refractivity contribution in [2.45, 2.75) is 0 Å². The van der Waals surface area contributed by atoms with Gasteiger partial charge in [0.25, 0.3) is 5.91 Å². The molecule has 7 nitrogen and oxygen atoms in total. The van der Waals surface area contributed by atoms with Gasteiger partial charge in [0, 0.05) is 11.6 Å². The Labute approximate surface area is 132 Å². The summed E-state index contributed by atoms with van der Waals surface area (Å²) in [4.78, 5) is 11.5. The van der Waals surface area contributed by atoms with Crippen LogP contribution in [0.3, 0.4) is 0 Å². The smallest absolute Gasteiger partial charge is 0.271 e. The third-order valence-corrected chi connectivity index (χ3v) is 3.19. The van der Waals surface area contributed by atoms with Gasteiger partial charge in [0.1, 0.15) is 22.9 Å². The lowest BCUT2D eigenvalue weighted by Gasteiger charge is -2.10. The van der Waals surface area contributed by atoms with E-state index in [1.165, 1.54) is 0 Å². The van der Waals surface area contributed by atoms with E-state index in [0.29, 0.717) is 28.5 Å². The van der Waals surface area contributed by atoms with Gasteiger partial charge in [-0.2, -0.15) is 15.4 Å². The summed E-state index contributed by atoms with van der Waals surface area (Å²) in [5.74, 6) is 1.14. The number of ether oxygens (including phenoxy) is 2. The number of benzene rings is 2. The first kappa shape index (κ1) is 14.6. The molecule has 0 aliphatic heterocycles. The van der Waals surface area contributed by atoms with Crippen LogP contribution >= 0.6 is 0 Å². The Morgan fingerprint density at radius 3 is 2.65 bits per heavy atom. The summed E-state index contributed by atoms with van der Waals surface area (Å²) in [6, 6.07) is 14.4. The predicted octanol–water partition coefficient (Wildman–Crippen LogP) is 2.37. The van der Waals surface area contributed by atoms with Gasteiger partial charge in [-0.3, -0.25) is 4.79 Å². The van der Waals surface area contributed by atoms with Crippen LogP contribution in [0.2, 0.25) is 0 Å². The van der Waals surface area contributed by atoms with Crippen LogP contribution in [0.15, 0.2) is 48.5 Å². The molecule has 3 rings (SSSR count). The number of nitrogens with one attached hydrogen (secondary N) is 1. The molecular weight excluding hydrogens is 296 g/mol. The van der Waals surface area contributed by atoms with E-state index in [-0.39, 0.29) is 5.69 Å². The van der Waals surface area contributed by atoms with Gasteiger partial charge in [-0.1, -0.05) is 18.2 Å². The third-order valence-electron chi connectivity index (χ3n) is 3.19. The zero-order chi connectivity index (χ0) is 16.2. The van der Waals surface area contributed by atoms with Crippen molar-refractivity contribution in [3.63, 3.8) is 0 Å². The minimum absolute atomic E-state index is 0.0618. The molecule has 0 fully saturated rings. The first-order valence-electron chi connectivity index (χ1n) is 6.81. The van der Waals surface area contributed by atoms with E-state index in [9.17, 15) is 4.79 Å². The zero-order valence-electron chi connectivity index (χ0n) is 12.3. The number of para-hydroxylation sites is 1. The highest BCUT2D eigenvalue weighted by Crippen LogP contribution is 2.34. The zero-order valence-corrected chi connectivity index (χ0v) is 12.3. The van der Waals surface area contributed by atoms with Gasteiger partial charge < -0.3 is 15.2 Å². The van der Waals surface area contributed by atoms with E-state index in [1.807, 2.05) is 24.3 Å². The van der Waals surface area contributed by atoms with Crippen molar-refractivity contribution in [1.82, 2.24) is 15.4 Å². The normalized spacial score (nSPS) is 10.3. The van der Waals surface area contributed by atoms with Crippen molar-refractivity contribution in [1.29, 1.82) is 0 Å². The second-order valence-corrected chi connectivity index (χ2v) is 4.66. The van der Waals surface area contributed by atoms with E-state index >= 15 is 0 Å². The second kappa shape index (κ2) is 6.18. The summed E-state index contributed by atoms with van der Waals surface area (Å²) >= 11 is 0.